The molecule has 1 aromatic rings. The molecule has 6 nitrogen and oxygen atoms in total. The zero-order chi connectivity index (χ0) is 21.1. The molecule has 0 spiro atoms. The molecule has 2 aliphatic carbocycles. The highest BCUT2D eigenvalue weighted by atomic mass is 16.5. The van der Waals surface area contributed by atoms with Gasteiger partial charge in [-0.15, -0.1) is 0 Å². The first-order valence-electron chi connectivity index (χ1n) is 11.4. The maximum atomic E-state index is 13.3. The molecule has 2 amide bonds. The fraction of sp³-hybridized carbons (Fsp3) is 0.667. The van der Waals surface area contributed by atoms with Gasteiger partial charge >= 0.3 is 0 Å². The normalized spacial score (nSPS) is 28.1. The van der Waals surface area contributed by atoms with Crippen molar-refractivity contribution in [3.8, 4) is 5.75 Å². The quantitative estimate of drug-likeness (QED) is 0.709. The van der Waals surface area contributed by atoms with Crippen molar-refractivity contribution in [1.29, 1.82) is 0 Å². The number of carbonyl (C=O) groups excluding carboxylic acids is 2. The van der Waals surface area contributed by atoms with Gasteiger partial charge < -0.3 is 19.7 Å². The highest BCUT2D eigenvalue weighted by molar-refractivity contribution is 5.97. The Kier molecular flexibility index (Phi) is 6.61. The predicted octanol–water partition coefficient (Wildman–Crippen LogP) is 3.26. The SMILES string of the molecule is CCCOc1ccccc1C(=O)N1C[C@H]2C[C@@H](NC(C)=O)[C@H](OCC3CC3)C[C@H]2C1. The van der Waals surface area contributed by atoms with E-state index >= 15 is 0 Å². The smallest absolute Gasteiger partial charge is 0.257 e. The standard InChI is InChI=1S/C24H34N2O4/c1-3-10-29-22-7-5-4-6-20(22)24(28)26-13-18-11-21(25-16(2)27)23(12-19(18)14-26)30-15-17-8-9-17/h4-7,17-19,21,23H,3,8-15H2,1-2H3,(H,25,27)/t18-,19+,21-,23-/m1/s1. The third kappa shape index (κ3) is 4.97. The minimum absolute atomic E-state index is 0.00796. The molecule has 0 radical (unpaired) electrons. The van der Waals surface area contributed by atoms with Crippen molar-refractivity contribution in [2.24, 2.45) is 17.8 Å². The number of rotatable bonds is 8. The summed E-state index contributed by atoms with van der Waals surface area (Å²) in [6.45, 7) is 6.51. The number of hydrogen-bond acceptors (Lipinski definition) is 4. The molecule has 0 aromatic heterocycles. The summed E-state index contributed by atoms with van der Waals surface area (Å²) in [6, 6.07) is 7.57. The molecule has 0 bridgehead atoms. The van der Waals surface area contributed by atoms with Crippen LogP contribution in [-0.2, 0) is 9.53 Å². The molecular formula is C24H34N2O4. The van der Waals surface area contributed by atoms with E-state index in [2.05, 4.69) is 12.2 Å². The largest absolute Gasteiger partial charge is 0.493 e. The Labute approximate surface area is 179 Å². The zero-order valence-corrected chi connectivity index (χ0v) is 18.1. The number of carbonyl (C=O) groups is 2. The highest BCUT2D eigenvalue weighted by Crippen LogP contribution is 2.39. The fourth-order valence-electron chi connectivity index (χ4n) is 4.87. The average Bonchev–Trinajstić information content (AvgIpc) is 3.47. The van der Waals surface area contributed by atoms with Gasteiger partial charge in [0.05, 0.1) is 24.3 Å². The van der Waals surface area contributed by atoms with E-state index in [0.29, 0.717) is 35.7 Å². The molecule has 0 unspecified atom stereocenters. The van der Waals surface area contributed by atoms with Gasteiger partial charge in [0.15, 0.2) is 0 Å². The minimum Gasteiger partial charge on any atom is -0.493 e. The van der Waals surface area contributed by atoms with Crippen LogP contribution in [0.15, 0.2) is 24.3 Å². The third-order valence-corrected chi connectivity index (χ3v) is 6.61. The second kappa shape index (κ2) is 9.38. The monoisotopic (exact) mass is 414 g/mol. The van der Waals surface area contributed by atoms with Crippen LogP contribution in [-0.4, -0.2) is 55.2 Å². The van der Waals surface area contributed by atoms with E-state index in [9.17, 15) is 9.59 Å². The van der Waals surface area contributed by atoms with Crippen LogP contribution in [0, 0.1) is 17.8 Å². The van der Waals surface area contributed by atoms with Gasteiger partial charge in [-0.25, -0.2) is 0 Å². The van der Waals surface area contributed by atoms with Gasteiger partial charge in [-0.1, -0.05) is 19.1 Å². The van der Waals surface area contributed by atoms with Crippen LogP contribution in [0.1, 0.15) is 56.3 Å². The van der Waals surface area contributed by atoms with Gasteiger partial charge in [-0.2, -0.15) is 0 Å². The van der Waals surface area contributed by atoms with Crippen molar-refractivity contribution >= 4 is 11.8 Å². The molecule has 4 rings (SSSR count). The molecule has 164 valence electrons. The first-order valence-corrected chi connectivity index (χ1v) is 11.4. The molecule has 1 N–H and O–H groups in total. The Morgan fingerprint density at radius 3 is 2.57 bits per heavy atom. The number of likely N-dealkylation sites (tertiary alicyclic amines) is 1. The molecule has 3 fully saturated rings. The molecule has 3 aliphatic rings. The molecule has 1 saturated heterocycles. The van der Waals surface area contributed by atoms with Crippen molar-refractivity contribution < 1.29 is 19.1 Å². The van der Waals surface area contributed by atoms with E-state index in [4.69, 9.17) is 9.47 Å². The minimum atomic E-state index is -0.00796. The van der Waals surface area contributed by atoms with Crippen LogP contribution in [0.4, 0.5) is 0 Å². The lowest BCUT2D eigenvalue weighted by molar-refractivity contribution is -0.122. The first kappa shape index (κ1) is 21.2. The number of ether oxygens (including phenoxy) is 2. The molecule has 1 aromatic carbocycles. The molecule has 2 saturated carbocycles. The maximum Gasteiger partial charge on any atom is 0.257 e. The van der Waals surface area contributed by atoms with E-state index in [0.717, 1.165) is 39.0 Å². The van der Waals surface area contributed by atoms with Crippen LogP contribution >= 0.6 is 0 Å². The summed E-state index contributed by atoms with van der Waals surface area (Å²) < 4.78 is 12.0. The Morgan fingerprint density at radius 1 is 1.13 bits per heavy atom. The summed E-state index contributed by atoms with van der Waals surface area (Å²) in [5, 5.41) is 3.11. The fourth-order valence-corrected chi connectivity index (χ4v) is 4.87. The van der Waals surface area contributed by atoms with Crippen molar-refractivity contribution in [3.63, 3.8) is 0 Å². The van der Waals surface area contributed by atoms with Crippen molar-refractivity contribution in [2.45, 2.75) is 58.1 Å². The Hall–Kier alpha value is -2.08. The van der Waals surface area contributed by atoms with E-state index in [1.807, 2.05) is 29.2 Å². The molecule has 6 heteroatoms. The molecule has 30 heavy (non-hydrogen) atoms. The van der Waals surface area contributed by atoms with Crippen LogP contribution in [0.3, 0.4) is 0 Å². The van der Waals surface area contributed by atoms with Gasteiger partial charge in [-0.05, 0) is 62.0 Å². The predicted molar refractivity (Wildman–Crippen MR) is 114 cm³/mol. The van der Waals surface area contributed by atoms with Crippen molar-refractivity contribution in [2.75, 3.05) is 26.3 Å². The van der Waals surface area contributed by atoms with Gasteiger partial charge in [0.2, 0.25) is 5.91 Å². The molecular weight excluding hydrogens is 380 g/mol. The molecule has 1 aliphatic heterocycles. The van der Waals surface area contributed by atoms with Crippen LogP contribution in [0.2, 0.25) is 0 Å². The Balaban J connectivity index is 1.43. The summed E-state index contributed by atoms with van der Waals surface area (Å²) in [7, 11) is 0. The summed E-state index contributed by atoms with van der Waals surface area (Å²) in [4.78, 5) is 27.0. The molecule has 1 heterocycles. The lowest BCUT2D eigenvalue weighted by atomic mass is 9.77. The topological polar surface area (TPSA) is 67.9 Å². The zero-order valence-electron chi connectivity index (χ0n) is 18.1. The summed E-state index contributed by atoms with van der Waals surface area (Å²) in [5.74, 6) is 2.22. The Bertz CT molecular complexity index is 763. The maximum absolute atomic E-state index is 13.3. The number of hydrogen-bond donors (Lipinski definition) is 1. The number of nitrogens with zero attached hydrogens (tertiary/aromatic N) is 1. The lowest BCUT2D eigenvalue weighted by Crippen LogP contribution is -2.50. The van der Waals surface area contributed by atoms with Gasteiger partial charge in [0.25, 0.3) is 5.91 Å². The number of amides is 2. The van der Waals surface area contributed by atoms with E-state index in [-0.39, 0.29) is 24.0 Å². The number of fused-ring (bicyclic) bond motifs is 1. The molecule has 4 atom stereocenters. The summed E-state index contributed by atoms with van der Waals surface area (Å²) in [5.41, 5.74) is 0.643. The van der Waals surface area contributed by atoms with Crippen LogP contribution < -0.4 is 10.1 Å². The number of benzene rings is 1. The Morgan fingerprint density at radius 2 is 1.87 bits per heavy atom. The van der Waals surface area contributed by atoms with Gasteiger partial charge in [-0.3, -0.25) is 9.59 Å². The van der Waals surface area contributed by atoms with Crippen LogP contribution in [0.25, 0.3) is 0 Å². The van der Waals surface area contributed by atoms with E-state index in [1.165, 1.54) is 12.8 Å². The summed E-state index contributed by atoms with van der Waals surface area (Å²) in [6.07, 6.45) is 5.24. The van der Waals surface area contributed by atoms with Crippen molar-refractivity contribution in [3.05, 3.63) is 29.8 Å². The summed E-state index contributed by atoms with van der Waals surface area (Å²) >= 11 is 0. The average molecular weight is 415 g/mol. The second-order valence-corrected chi connectivity index (χ2v) is 9.17. The van der Waals surface area contributed by atoms with Gasteiger partial charge in [0, 0.05) is 26.6 Å². The third-order valence-electron chi connectivity index (χ3n) is 6.61. The van der Waals surface area contributed by atoms with E-state index < -0.39 is 0 Å². The van der Waals surface area contributed by atoms with Crippen molar-refractivity contribution in [1.82, 2.24) is 10.2 Å². The lowest BCUT2D eigenvalue weighted by Gasteiger charge is -2.38. The van der Waals surface area contributed by atoms with E-state index in [1.54, 1.807) is 6.92 Å². The highest BCUT2D eigenvalue weighted by Gasteiger charge is 2.44. The number of para-hydroxylation sites is 1. The second-order valence-electron chi connectivity index (χ2n) is 9.17. The van der Waals surface area contributed by atoms with Crippen LogP contribution in [0.5, 0.6) is 5.75 Å². The number of nitrogens with one attached hydrogen (secondary N) is 1. The van der Waals surface area contributed by atoms with Gasteiger partial charge in [0.1, 0.15) is 5.75 Å². The first-order chi connectivity index (χ1) is 14.5.